The predicted octanol–water partition coefficient (Wildman–Crippen LogP) is 4.57. The lowest BCUT2D eigenvalue weighted by Gasteiger charge is -2.46. The van der Waals surface area contributed by atoms with E-state index in [0.717, 1.165) is 44.3 Å². The second kappa shape index (κ2) is 8.55. The zero-order valence-corrected chi connectivity index (χ0v) is 14.5. The Kier molecular flexibility index (Phi) is 7.41. The van der Waals surface area contributed by atoms with Crippen molar-refractivity contribution in [3.8, 4) is 0 Å². The monoisotopic (exact) mass is 291 g/mol. The Labute approximate surface area is 131 Å². The molecule has 0 aliphatic rings. The molecule has 1 N–H and O–H groups in total. The second-order valence-electron chi connectivity index (χ2n) is 5.88. The summed E-state index contributed by atoms with van der Waals surface area (Å²) >= 11 is 0. The fourth-order valence-electron chi connectivity index (χ4n) is 3.63. The summed E-state index contributed by atoms with van der Waals surface area (Å²) in [7, 11) is 0. The average Bonchev–Trinajstić information content (AvgIpc) is 2.52. The first-order chi connectivity index (χ1) is 10.1. The van der Waals surface area contributed by atoms with Gasteiger partial charge >= 0.3 is 0 Å². The van der Waals surface area contributed by atoms with E-state index in [-0.39, 0.29) is 5.54 Å². The van der Waals surface area contributed by atoms with Crippen LogP contribution in [-0.2, 0) is 6.42 Å². The highest BCUT2D eigenvalue weighted by atomic mass is 16.3. The van der Waals surface area contributed by atoms with Crippen molar-refractivity contribution < 1.29 is 5.11 Å². The highest BCUT2D eigenvalue weighted by Crippen LogP contribution is 2.37. The van der Waals surface area contributed by atoms with E-state index in [1.807, 2.05) is 0 Å². The lowest BCUT2D eigenvalue weighted by Crippen LogP contribution is -2.52. The van der Waals surface area contributed by atoms with Gasteiger partial charge in [-0.3, -0.25) is 4.90 Å². The maximum absolute atomic E-state index is 11.1. The summed E-state index contributed by atoms with van der Waals surface area (Å²) in [4.78, 5) is 2.42. The summed E-state index contributed by atoms with van der Waals surface area (Å²) in [6.07, 6.45) is 3.72. The van der Waals surface area contributed by atoms with E-state index in [1.54, 1.807) is 0 Å². The van der Waals surface area contributed by atoms with Crippen molar-refractivity contribution in [3.05, 3.63) is 35.4 Å². The number of likely N-dealkylation sites (N-methyl/N-ethyl adjacent to an activating group) is 1. The van der Waals surface area contributed by atoms with Crippen molar-refractivity contribution >= 4 is 0 Å². The van der Waals surface area contributed by atoms with E-state index in [0.29, 0.717) is 0 Å². The molecule has 0 heterocycles. The highest BCUT2D eigenvalue weighted by Gasteiger charge is 2.39. The summed E-state index contributed by atoms with van der Waals surface area (Å²) in [6.45, 7) is 12.9. The molecule has 0 aromatic heterocycles. The van der Waals surface area contributed by atoms with Gasteiger partial charge < -0.3 is 5.11 Å². The number of rotatable bonds is 9. The molecular weight excluding hydrogens is 258 g/mol. The molecule has 21 heavy (non-hydrogen) atoms. The maximum Gasteiger partial charge on any atom is 0.0973 e. The number of benzene rings is 1. The van der Waals surface area contributed by atoms with Crippen molar-refractivity contribution in [2.24, 2.45) is 0 Å². The molecule has 1 aromatic rings. The second-order valence-corrected chi connectivity index (χ2v) is 5.88. The minimum atomic E-state index is -0.427. The van der Waals surface area contributed by atoms with Crippen molar-refractivity contribution in [2.45, 2.75) is 71.9 Å². The number of aliphatic hydroxyl groups is 1. The van der Waals surface area contributed by atoms with E-state index in [1.165, 1.54) is 5.56 Å². The summed E-state index contributed by atoms with van der Waals surface area (Å²) < 4.78 is 0. The Morgan fingerprint density at radius 1 is 1.05 bits per heavy atom. The van der Waals surface area contributed by atoms with Crippen molar-refractivity contribution in [2.75, 3.05) is 13.1 Å². The minimum absolute atomic E-state index is 0.158. The molecule has 0 aliphatic carbocycles. The van der Waals surface area contributed by atoms with Gasteiger partial charge in [0.2, 0.25) is 0 Å². The maximum atomic E-state index is 11.1. The first kappa shape index (κ1) is 18.2. The third kappa shape index (κ3) is 3.87. The molecule has 0 radical (unpaired) electrons. The van der Waals surface area contributed by atoms with Crippen LogP contribution in [-0.4, -0.2) is 28.6 Å². The van der Waals surface area contributed by atoms with Crippen molar-refractivity contribution in [3.63, 3.8) is 0 Å². The van der Waals surface area contributed by atoms with Crippen LogP contribution < -0.4 is 0 Å². The van der Waals surface area contributed by atoms with E-state index in [4.69, 9.17) is 0 Å². The van der Waals surface area contributed by atoms with Gasteiger partial charge in [0.05, 0.1) is 11.6 Å². The molecule has 1 rings (SSSR count). The largest absolute Gasteiger partial charge is 0.386 e. The van der Waals surface area contributed by atoms with E-state index >= 15 is 0 Å². The van der Waals surface area contributed by atoms with Gasteiger partial charge in [0.25, 0.3) is 0 Å². The molecule has 0 amide bonds. The van der Waals surface area contributed by atoms with Crippen LogP contribution in [0.1, 0.15) is 71.1 Å². The van der Waals surface area contributed by atoms with Gasteiger partial charge in [0.15, 0.2) is 0 Å². The van der Waals surface area contributed by atoms with Gasteiger partial charge in [0, 0.05) is 0 Å². The standard InChI is InChI=1S/C19H33NO/c1-6-12-16-13-11-14-17(15-16)18(21)19(7-2,8-3)20(9-4)10-5/h11,13-15,18,21H,6-10,12H2,1-5H3. The SMILES string of the molecule is CCCc1cccc(C(O)C(CC)(CC)N(CC)CC)c1. The molecule has 0 aliphatic heterocycles. The van der Waals surface area contributed by atoms with Gasteiger partial charge in [0.1, 0.15) is 0 Å². The molecule has 0 spiro atoms. The highest BCUT2D eigenvalue weighted by molar-refractivity contribution is 5.27. The Bertz CT molecular complexity index is 408. The third-order valence-corrected chi connectivity index (χ3v) is 4.93. The number of hydrogen-bond acceptors (Lipinski definition) is 2. The number of aryl methyl sites for hydroxylation is 1. The van der Waals surface area contributed by atoms with E-state index < -0.39 is 6.10 Å². The lowest BCUT2D eigenvalue weighted by molar-refractivity contribution is -0.0366. The molecule has 1 aromatic carbocycles. The topological polar surface area (TPSA) is 23.5 Å². The van der Waals surface area contributed by atoms with E-state index in [9.17, 15) is 5.11 Å². The van der Waals surface area contributed by atoms with Gasteiger partial charge in [-0.05, 0) is 43.5 Å². The minimum Gasteiger partial charge on any atom is -0.386 e. The lowest BCUT2D eigenvalue weighted by atomic mass is 9.80. The predicted molar refractivity (Wildman–Crippen MR) is 91.6 cm³/mol. The smallest absolute Gasteiger partial charge is 0.0973 e. The van der Waals surface area contributed by atoms with Gasteiger partial charge in [-0.15, -0.1) is 0 Å². The normalized spacial score (nSPS) is 13.7. The molecular formula is C19H33NO. The molecule has 1 unspecified atom stereocenters. The first-order valence-electron chi connectivity index (χ1n) is 8.61. The summed E-state index contributed by atoms with van der Waals surface area (Å²) in [6, 6.07) is 8.52. The van der Waals surface area contributed by atoms with Crippen LogP contribution in [0.3, 0.4) is 0 Å². The molecule has 0 saturated carbocycles. The first-order valence-corrected chi connectivity index (χ1v) is 8.61. The third-order valence-electron chi connectivity index (χ3n) is 4.93. The summed E-state index contributed by atoms with van der Waals surface area (Å²) in [5, 5.41) is 11.1. The fourth-order valence-corrected chi connectivity index (χ4v) is 3.63. The fraction of sp³-hybridized carbons (Fsp3) is 0.684. The molecule has 0 fully saturated rings. The Hall–Kier alpha value is -0.860. The summed E-state index contributed by atoms with van der Waals surface area (Å²) in [5.74, 6) is 0. The molecule has 0 saturated heterocycles. The van der Waals surface area contributed by atoms with Gasteiger partial charge in [-0.2, -0.15) is 0 Å². The van der Waals surface area contributed by atoms with Crippen LogP contribution in [0.15, 0.2) is 24.3 Å². The Morgan fingerprint density at radius 2 is 1.67 bits per heavy atom. The Balaban J connectivity index is 3.16. The molecule has 1 atom stereocenters. The van der Waals surface area contributed by atoms with E-state index in [2.05, 4.69) is 63.8 Å². The van der Waals surface area contributed by atoms with Gasteiger partial charge in [-0.25, -0.2) is 0 Å². The van der Waals surface area contributed by atoms with Crippen LogP contribution in [0.5, 0.6) is 0 Å². The summed E-state index contributed by atoms with van der Waals surface area (Å²) in [5.41, 5.74) is 2.24. The Morgan fingerprint density at radius 3 is 2.14 bits per heavy atom. The van der Waals surface area contributed by atoms with Crippen molar-refractivity contribution in [1.29, 1.82) is 0 Å². The van der Waals surface area contributed by atoms with Crippen LogP contribution in [0, 0.1) is 0 Å². The number of nitrogens with zero attached hydrogens (tertiary/aromatic N) is 1. The molecule has 0 bridgehead atoms. The zero-order chi connectivity index (χ0) is 15.9. The average molecular weight is 291 g/mol. The quantitative estimate of drug-likeness (QED) is 0.720. The van der Waals surface area contributed by atoms with Crippen molar-refractivity contribution in [1.82, 2.24) is 4.90 Å². The van der Waals surface area contributed by atoms with Crippen LogP contribution in [0.4, 0.5) is 0 Å². The zero-order valence-electron chi connectivity index (χ0n) is 14.5. The number of hydrogen-bond donors (Lipinski definition) is 1. The molecule has 2 heteroatoms. The molecule has 120 valence electrons. The molecule has 2 nitrogen and oxygen atoms in total. The van der Waals surface area contributed by atoms with Crippen LogP contribution in [0.25, 0.3) is 0 Å². The van der Waals surface area contributed by atoms with Gasteiger partial charge in [-0.1, -0.05) is 65.3 Å². The van der Waals surface area contributed by atoms with Crippen LogP contribution >= 0.6 is 0 Å². The van der Waals surface area contributed by atoms with Crippen LogP contribution in [0.2, 0.25) is 0 Å². The number of aliphatic hydroxyl groups excluding tert-OH is 1.